The van der Waals surface area contributed by atoms with E-state index in [0.717, 1.165) is 16.8 Å². The first-order valence-corrected chi connectivity index (χ1v) is 7.44. The van der Waals surface area contributed by atoms with Crippen molar-refractivity contribution >= 4 is 11.5 Å². The van der Waals surface area contributed by atoms with Crippen LogP contribution in [0.25, 0.3) is 11.3 Å². The summed E-state index contributed by atoms with van der Waals surface area (Å²) in [7, 11) is 0. The number of hydrogen-bond donors (Lipinski definition) is 1. The van der Waals surface area contributed by atoms with Gasteiger partial charge in [0.1, 0.15) is 5.69 Å². The lowest BCUT2D eigenvalue weighted by molar-refractivity contribution is -0.210. The van der Waals surface area contributed by atoms with Crippen molar-refractivity contribution in [3.8, 4) is 11.3 Å². The van der Waals surface area contributed by atoms with Crippen LogP contribution in [-0.4, -0.2) is 15.3 Å². The second-order valence-electron chi connectivity index (χ2n) is 5.56. The first kappa shape index (κ1) is 13.6. The van der Waals surface area contributed by atoms with Gasteiger partial charge < -0.3 is 4.57 Å². The van der Waals surface area contributed by atoms with Gasteiger partial charge in [-0.05, 0) is 22.8 Å². The summed E-state index contributed by atoms with van der Waals surface area (Å²) in [6.07, 6.45) is 3.98. The Morgan fingerprint density at radius 2 is 1.96 bits per heavy atom. The van der Waals surface area contributed by atoms with Gasteiger partial charge in [0.05, 0.1) is 24.3 Å². The van der Waals surface area contributed by atoms with E-state index < -0.39 is 0 Å². The van der Waals surface area contributed by atoms with Crippen LogP contribution in [0, 0.1) is 0 Å². The van der Waals surface area contributed by atoms with Crippen LogP contribution in [0.3, 0.4) is 0 Å². The molecule has 1 atom stereocenters. The maximum atomic E-state index is 12.8. The van der Waals surface area contributed by atoms with Gasteiger partial charge in [-0.1, -0.05) is 36.4 Å². The van der Waals surface area contributed by atoms with Gasteiger partial charge in [0.15, 0.2) is 5.78 Å². The zero-order valence-electron chi connectivity index (χ0n) is 12.4. The molecule has 0 radical (unpaired) electrons. The molecule has 23 heavy (non-hydrogen) atoms. The van der Waals surface area contributed by atoms with Gasteiger partial charge in [-0.15, -0.1) is 0 Å². The van der Waals surface area contributed by atoms with Crippen LogP contribution in [0.1, 0.15) is 28.4 Å². The number of benzene rings is 2. The van der Waals surface area contributed by atoms with Crippen molar-refractivity contribution in [1.82, 2.24) is 9.55 Å². The topological polar surface area (TPSA) is 72.8 Å². The van der Waals surface area contributed by atoms with E-state index in [9.17, 15) is 4.79 Å². The molecule has 0 fully saturated rings. The van der Waals surface area contributed by atoms with Crippen LogP contribution >= 0.6 is 0 Å². The van der Waals surface area contributed by atoms with Gasteiger partial charge in [-0.2, -0.15) is 5.53 Å². The molecule has 5 nitrogen and oxygen atoms in total. The molecule has 1 aliphatic rings. The molecule has 0 saturated heterocycles. The van der Waals surface area contributed by atoms with E-state index >= 15 is 0 Å². The lowest BCUT2D eigenvalue weighted by Gasteiger charge is -2.14. The number of Topliss-reactive ketones (excluding diaryl/α,β-unsaturated/α-hetero) is 1. The SMILES string of the molecule is [NH2+]=Nc1ccccc1C(=O)CC1c2ccccc2-c2cncn21. The Bertz CT molecular complexity index is 913. The maximum absolute atomic E-state index is 12.8. The monoisotopic (exact) mass is 303 g/mol. The van der Waals surface area contributed by atoms with E-state index in [-0.39, 0.29) is 11.8 Å². The summed E-state index contributed by atoms with van der Waals surface area (Å²) in [6.45, 7) is 0. The van der Waals surface area contributed by atoms with E-state index in [4.69, 9.17) is 5.53 Å². The van der Waals surface area contributed by atoms with Crippen LogP contribution in [-0.2, 0) is 0 Å². The largest absolute Gasteiger partial charge is 0.322 e. The van der Waals surface area contributed by atoms with E-state index in [1.165, 1.54) is 0 Å². The average molecular weight is 303 g/mol. The Labute approximate surface area is 133 Å². The van der Waals surface area contributed by atoms with Crippen molar-refractivity contribution in [2.75, 3.05) is 0 Å². The molecule has 2 heterocycles. The summed E-state index contributed by atoms with van der Waals surface area (Å²) in [4.78, 5) is 17.0. The third kappa shape index (κ3) is 2.09. The fraction of sp³-hybridized carbons (Fsp3) is 0.111. The molecule has 2 aromatic carbocycles. The molecule has 4 rings (SSSR count). The molecule has 0 amide bonds. The molecular formula is C18H15N4O+. The fourth-order valence-electron chi connectivity index (χ4n) is 3.25. The third-order valence-corrected chi connectivity index (χ3v) is 4.32. The highest BCUT2D eigenvalue weighted by atomic mass is 16.1. The summed E-state index contributed by atoms with van der Waals surface area (Å²) in [5.41, 5.74) is 9.81. The minimum absolute atomic E-state index is 0.0242. The number of nitrogens with two attached hydrogens (primary N) is 1. The highest BCUT2D eigenvalue weighted by molar-refractivity contribution is 6.01. The number of carbonyl (C=O) groups excluding carboxylic acids is 1. The molecule has 2 N–H and O–H groups in total. The normalized spacial score (nSPS) is 15.0. The minimum atomic E-state index is -0.0398. The minimum Gasteiger partial charge on any atom is -0.322 e. The van der Waals surface area contributed by atoms with Gasteiger partial charge in [-0.25, -0.2) is 4.98 Å². The summed E-state index contributed by atoms with van der Waals surface area (Å²) >= 11 is 0. The second kappa shape index (κ2) is 5.28. The van der Waals surface area contributed by atoms with Gasteiger partial charge in [0.25, 0.3) is 0 Å². The number of rotatable bonds is 4. The number of fused-ring (bicyclic) bond motifs is 3. The zero-order chi connectivity index (χ0) is 15.8. The van der Waals surface area contributed by atoms with Crippen molar-refractivity contribution in [2.45, 2.75) is 12.5 Å². The number of carbonyl (C=O) groups is 1. The highest BCUT2D eigenvalue weighted by Gasteiger charge is 2.30. The molecule has 0 bridgehead atoms. The molecular weight excluding hydrogens is 288 g/mol. The van der Waals surface area contributed by atoms with E-state index in [2.05, 4.69) is 26.8 Å². The molecule has 0 spiro atoms. The zero-order valence-corrected chi connectivity index (χ0v) is 12.4. The number of nitrogens with zero attached hydrogens (tertiary/aromatic N) is 3. The second-order valence-corrected chi connectivity index (χ2v) is 5.56. The Morgan fingerprint density at radius 3 is 2.83 bits per heavy atom. The molecule has 1 unspecified atom stereocenters. The van der Waals surface area contributed by atoms with Crippen LogP contribution in [0.5, 0.6) is 0 Å². The fourth-order valence-corrected chi connectivity index (χ4v) is 3.25. The summed E-state index contributed by atoms with van der Waals surface area (Å²) in [5, 5.41) is 3.70. The number of ketones is 1. The number of aromatic nitrogens is 2. The predicted molar refractivity (Wildman–Crippen MR) is 85.2 cm³/mol. The maximum Gasteiger partial charge on any atom is 0.167 e. The smallest absolute Gasteiger partial charge is 0.167 e. The van der Waals surface area contributed by atoms with Crippen molar-refractivity contribution in [3.63, 3.8) is 0 Å². The molecule has 0 saturated carbocycles. The molecule has 3 aromatic rings. The van der Waals surface area contributed by atoms with Crippen LogP contribution in [0.15, 0.2) is 66.2 Å². The summed E-state index contributed by atoms with van der Waals surface area (Å²) < 4.78 is 2.06. The molecule has 1 aliphatic heterocycles. The van der Waals surface area contributed by atoms with Crippen LogP contribution < -0.4 is 5.53 Å². The van der Waals surface area contributed by atoms with Crippen LogP contribution in [0.4, 0.5) is 5.69 Å². The Kier molecular flexibility index (Phi) is 3.12. The molecule has 1 aromatic heterocycles. The molecule has 112 valence electrons. The molecule has 5 heteroatoms. The highest BCUT2D eigenvalue weighted by Crippen LogP contribution is 2.41. The van der Waals surface area contributed by atoms with Gasteiger partial charge in [0.2, 0.25) is 0 Å². The third-order valence-electron chi connectivity index (χ3n) is 4.32. The lowest BCUT2D eigenvalue weighted by Crippen LogP contribution is -2.22. The van der Waals surface area contributed by atoms with Crippen LogP contribution in [0.2, 0.25) is 0 Å². The van der Waals surface area contributed by atoms with E-state index in [0.29, 0.717) is 17.7 Å². The standard InChI is InChI=1S/C18H14N4O/c19-21-15-8-4-3-7-14(15)18(23)9-16-12-5-1-2-6-13(12)17-10-20-11-22(16)17/h1-8,10-11,16,19H,9H2/p+1. The van der Waals surface area contributed by atoms with Crippen molar-refractivity contribution in [2.24, 2.45) is 5.11 Å². The van der Waals surface area contributed by atoms with Crippen molar-refractivity contribution in [3.05, 3.63) is 72.2 Å². The number of hydrogen-bond acceptors (Lipinski definition) is 3. The first-order chi connectivity index (χ1) is 11.3. The van der Waals surface area contributed by atoms with Gasteiger partial charge >= 0.3 is 0 Å². The Hall–Kier alpha value is -3.08. The summed E-state index contributed by atoms with van der Waals surface area (Å²) in [6, 6.07) is 15.3. The lowest BCUT2D eigenvalue weighted by atomic mass is 9.96. The van der Waals surface area contributed by atoms with Crippen molar-refractivity contribution in [1.29, 1.82) is 0 Å². The van der Waals surface area contributed by atoms with Gasteiger partial charge in [-0.3, -0.25) is 4.79 Å². The van der Waals surface area contributed by atoms with Crippen molar-refractivity contribution < 1.29 is 10.3 Å². The Morgan fingerprint density at radius 1 is 1.17 bits per heavy atom. The van der Waals surface area contributed by atoms with E-state index in [1.54, 1.807) is 18.5 Å². The number of imidazole rings is 1. The summed E-state index contributed by atoms with van der Waals surface area (Å²) in [5.74, 6) is 0.0242. The van der Waals surface area contributed by atoms with Gasteiger partial charge in [0, 0.05) is 17.5 Å². The van der Waals surface area contributed by atoms with E-state index in [1.807, 2.05) is 30.5 Å². The predicted octanol–water partition coefficient (Wildman–Crippen LogP) is 2.57. The first-order valence-electron chi connectivity index (χ1n) is 7.44. The average Bonchev–Trinajstić information content (AvgIpc) is 3.18. The quantitative estimate of drug-likeness (QED) is 0.594. The molecule has 0 aliphatic carbocycles. The Balaban J connectivity index is 1.72.